The largest absolute Gasteiger partial charge is 0.357 e. The zero-order valence-electron chi connectivity index (χ0n) is 19.2. The van der Waals surface area contributed by atoms with Crippen LogP contribution >= 0.6 is 24.0 Å². The van der Waals surface area contributed by atoms with Crippen LogP contribution < -0.4 is 10.6 Å². The molecule has 1 aromatic carbocycles. The molecule has 2 rings (SSSR count). The third-order valence-electron chi connectivity index (χ3n) is 5.00. The lowest BCUT2D eigenvalue weighted by Crippen LogP contribution is -2.38. The van der Waals surface area contributed by atoms with Crippen LogP contribution in [0.5, 0.6) is 0 Å². The van der Waals surface area contributed by atoms with Crippen LogP contribution in [0.1, 0.15) is 49.7 Å². The standard InChI is InChI=1S/C23H38N6.HI/c1-6-24-23(25-13-10-14-29-20(5)15-19(4)27-29)26-17-21-11-9-12-22(16-21)18-28(7-2)8-3;/h9,11-12,15-16H,6-8,10,13-14,17-18H2,1-5H3,(H2,24,25,26);1H. The molecule has 0 saturated heterocycles. The number of aliphatic imine (C=N–C) groups is 1. The Morgan fingerprint density at radius 1 is 1.07 bits per heavy atom. The second-order valence-electron chi connectivity index (χ2n) is 7.41. The van der Waals surface area contributed by atoms with Gasteiger partial charge in [0.1, 0.15) is 0 Å². The molecule has 2 N–H and O–H groups in total. The molecule has 0 saturated carbocycles. The zero-order chi connectivity index (χ0) is 21.1. The smallest absolute Gasteiger partial charge is 0.191 e. The second kappa shape index (κ2) is 14.4. The summed E-state index contributed by atoms with van der Waals surface area (Å²) in [6.07, 6.45) is 1.01. The van der Waals surface area contributed by atoms with Crippen molar-refractivity contribution in [2.45, 2.75) is 60.7 Å². The summed E-state index contributed by atoms with van der Waals surface area (Å²) < 4.78 is 2.07. The molecule has 0 unspecified atom stereocenters. The first kappa shape index (κ1) is 26.4. The van der Waals surface area contributed by atoms with Crippen LogP contribution in [0.25, 0.3) is 0 Å². The van der Waals surface area contributed by atoms with Gasteiger partial charge in [-0.05, 0) is 57.5 Å². The van der Waals surface area contributed by atoms with E-state index in [-0.39, 0.29) is 24.0 Å². The number of hydrogen-bond donors (Lipinski definition) is 2. The molecule has 2 aromatic rings. The lowest BCUT2D eigenvalue weighted by atomic mass is 10.1. The van der Waals surface area contributed by atoms with Gasteiger partial charge in [-0.2, -0.15) is 5.10 Å². The van der Waals surface area contributed by atoms with Crippen LogP contribution in [0.4, 0.5) is 0 Å². The van der Waals surface area contributed by atoms with Crippen molar-refractivity contribution in [3.63, 3.8) is 0 Å². The Kier molecular flexibility index (Phi) is 12.7. The highest BCUT2D eigenvalue weighted by molar-refractivity contribution is 14.0. The number of nitrogens with one attached hydrogen (secondary N) is 2. The molecule has 0 spiro atoms. The average Bonchev–Trinajstić information content (AvgIpc) is 3.04. The van der Waals surface area contributed by atoms with E-state index < -0.39 is 0 Å². The van der Waals surface area contributed by atoms with Crippen LogP contribution in [0, 0.1) is 13.8 Å². The van der Waals surface area contributed by atoms with Gasteiger partial charge in [0.25, 0.3) is 0 Å². The molecule has 0 aliphatic heterocycles. The summed E-state index contributed by atoms with van der Waals surface area (Å²) in [5.74, 6) is 0.870. The molecule has 1 aromatic heterocycles. The SMILES string of the molecule is CCNC(=NCc1cccc(CN(CC)CC)c1)NCCCn1nc(C)cc1C.I. The summed E-state index contributed by atoms with van der Waals surface area (Å²) >= 11 is 0. The molecule has 0 aliphatic rings. The molecule has 0 aliphatic carbocycles. The third kappa shape index (κ3) is 9.04. The van der Waals surface area contributed by atoms with Gasteiger partial charge in [-0.3, -0.25) is 9.58 Å². The number of aromatic nitrogens is 2. The number of nitrogens with zero attached hydrogens (tertiary/aromatic N) is 4. The van der Waals surface area contributed by atoms with Crippen LogP contribution in [-0.4, -0.2) is 46.8 Å². The van der Waals surface area contributed by atoms with Crippen LogP contribution in [0.3, 0.4) is 0 Å². The third-order valence-corrected chi connectivity index (χ3v) is 5.00. The maximum atomic E-state index is 4.77. The van der Waals surface area contributed by atoms with Crippen molar-refractivity contribution < 1.29 is 0 Å². The fourth-order valence-corrected chi connectivity index (χ4v) is 3.38. The van der Waals surface area contributed by atoms with E-state index in [1.807, 2.05) is 6.92 Å². The fourth-order valence-electron chi connectivity index (χ4n) is 3.38. The maximum absolute atomic E-state index is 4.77. The van der Waals surface area contributed by atoms with Crippen molar-refractivity contribution in [3.05, 3.63) is 52.8 Å². The van der Waals surface area contributed by atoms with E-state index in [2.05, 4.69) is 83.3 Å². The number of rotatable bonds is 11. The van der Waals surface area contributed by atoms with Gasteiger partial charge in [0.05, 0.1) is 12.2 Å². The van der Waals surface area contributed by atoms with E-state index >= 15 is 0 Å². The van der Waals surface area contributed by atoms with E-state index in [9.17, 15) is 0 Å². The Morgan fingerprint density at radius 2 is 1.80 bits per heavy atom. The van der Waals surface area contributed by atoms with E-state index in [1.54, 1.807) is 0 Å². The van der Waals surface area contributed by atoms with Crippen molar-refractivity contribution in [1.29, 1.82) is 0 Å². The Morgan fingerprint density at radius 3 is 2.43 bits per heavy atom. The Bertz CT molecular complexity index is 767. The summed E-state index contributed by atoms with van der Waals surface area (Å²) in [6, 6.07) is 10.9. The molecular weight excluding hydrogens is 487 g/mol. The maximum Gasteiger partial charge on any atom is 0.191 e. The average molecular weight is 527 g/mol. The first-order valence-electron chi connectivity index (χ1n) is 10.9. The summed E-state index contributed by atoms with van der Waals surface area (Å²) in [4.78, 5) is 7.20. The van der Waals surface area contributed by atoms with Gasteiger partial charge in [-0.25, -0.2) is 4.99 Å². The van der Waals surface area contributed by atoms with Gasteiger partial charge in [-0.1, -0.05) is 38.1 Å². The van der Waals surface area contributed by atoms with Gasteiger partial charge in [-0.15, -0.1) is 24.0 Å². The van der Waals surface area contributed by atoms with Gasteiger partial charge in [0.15, 0.2) is 5.96 Å². The summed E-state index contributed by atoms with van der Waals surface area (Å²) in [5.41, 5.74) is 4.89. The molecule has 0 fully saturated rings. The van der Waals surface area contributed by atoms with Crippen LogP contribution in [-0.2, 0) is 19.6 Å². The van der Waals surface area contributed by atoms with E-state index in [0.717, 1.165) is 57.3 Å². The van der Waals surface area contributed by atoms with Crippen LogP contribution in [0.2, 0.25) is 0 Å². The normalized spacial score (nSPS) is 11.5. The minimum atomic E-state index is 0. The summed E-state index contributed by atoms with van der Waals surface area (Å²) in [6.45, 7) is 17.1. The van der Waals surface area contributed by atoms with E-state index in [0.29, 0.717) is 6.54 Å². The molecule has 0 atom stereocenters. The molecule has 7 heteroatoms. The second-order valence-corrected chi connectivity index (χ2v) is 7.41. The van der Waals surface area contributed by atoms with Crippen molar-refractivity contribution in [2.75, 3.05) is 26.2 Å². The van der Waals surface area contributed by atoms with Crippen LogP contribution in [0.15, 0.2) is 35.3 Å². The predicted octanol–water partition coefficient (Wildman–Crippen LogP) is 4.11. The highest BCUT2D eigenvalue weighted by Crippen LogP contribution is 2.09. The summed E-state index contributed by atoms with van der Waals surface area (Å²) in [7, 11) is 0. The molecular formula is C23H39IN6. The van der Waals surface area contributed by atoms with Crippen molar-refractivity contribution in [2.24, 2.45) is 4.99 Å². The number of hydrogen-bond acceptors (Lipinski definition) is 3. The van der Waals surface area contributed by atoms with Gasteiger partial charge >= 0.3 is 0 Å². The highest BCUT2D eigenvalue weighted by atomic mass is 127. The molecule has 168 valence electrons. The van der Waals surface area contributed by atoms with Crippen molar-refractivity contribution in [3.8, 4) is 0 Å². The Balaban J connectivity index is 0.00000450. The molecule has 30 heavy (non-hydrogen) atoms. The van der Waals surface area contributed by atoms with Gasteiger partial charge < -0.3 is 10.6 Å². The number of aryl methyl sites for hydroxylation is 3. The molecule has 0 amide bonds. The molecule has 6 nitrogen and oxygen atoms in total. The highest BCUT2D eigenvalue weighted by Gasteiger charge is 2.04. The van der Waals surface area contributed by atoms with E-state index in [1.165, 1.54) is 16.8 Å². The predicted molar refractivity (Wildman–Crippen MR) is 138 cm³/mol. The van der Waals surface area contributed by atoms with Crippen molar-refractivity contribution >= 4 is 29.9 Å². The summed E-state index contributed by atoms with van der Waals surface area (Å²) in [5, 5.41) is 11.3. The first-order valence-corrected chi connectivity index (χ1v) is 10.9. The lowest BCUT2D eigenvalue weighted by molar-refractivity contribution is 0.296. The molecule has 0 radical (unpaired) electrons. The minimum absolute atomic E-state index is 0. The molecule has 0 bridgehead atoms. The molecule has 1 heterocycles. The fraction of sp³-hybridized carbons (Fsp3) is 0.565. The van der Waals surface area contributed by atoms with Gasteiger partial charge in [0.2, 0.25) is 0 Å². The van der Waals surface area contributed by atoms with Gasteiger partial charge in [0, 0.05) is 31.9 Å². The Hall–Kier alpha value is -1.61. The zero-order valence-corrected chi connectivity index (χ0v) is 21.6. The first-order chi connectivity index (χ1) is 14.0. The quantitative estimate of drug-likeness (QED) is 0.200. The number of guanidine groups is 1. The number of benzene rings is 1. The number of halogens is 1. The minimum Gasteiger partial charge on any atom is -0.357 e. The Labute approximate surface area is 199 Å². The van der Waals surface area contributed by atoms with Crippen molar-refractivity contribution in [1.82, 2.24) is 25.3 Å². The lowest BCUT2D eigenvalue weighted by Gasteiger charge is -2.18. The van der Waals surface area contributed by atoms with E-state index in [4.69, 9.17) is 4.99 Å². The monoisotopic (exact) mass is 526 g/mol. The topological polar surface area (TPSA) is 57.5 Å².